The van der Waals surface area contributed by atoms with E-state index in [2.05, 4.69) is 20.9 Å². The number of hydrogen-bond donors (Lipinski definition) is 0. The minimum absolute atomic E-state index is 0.101. The Labute approximate surface area is 238 Å². The number of benzene rings is 3. The molecule has 0 N–H and O–H groups in total. The molecule has 0 saturated carbocycles. The SMILES string of the molecule is CCOc1cc(/C=C2/N=C(c3ccc(Br)cc3)OC2=O)ccc1OC(=O)c1sc2cc([N+](=O)[O-])ccc2c1Cl. The number of carbonyl (C=O) groups is 2. The highest BCUT2D eigenvalue weighted by molar-refractivity contribution is 9.10. The van der Waals surface area contributed by atoms with Crippen molar-refractivity contribution >= 4 is 78.6 Å². The number of halogens is 2. The topological polar surface area (TPSA) is 117 Å². The molecule has 0 spiro atoms. The number of thiophene rings is 1. The van der Waals surface area contributed by atoms with Crippen LogP contribution in [0.25, 0.3) is 16.2 Å². The molecule has 0 aliphatic carbocycles. The summed E-state index contributed by atoms with van der Waals surface area (Å²) in [6, 6.07) is 16.1. The van der Waals surface area contributed by atoms with Crippen LogP contribution in [0.5, 0.6) is 11.5 Å². The lowest BCUT2D eigenvalue weighted by molar-refractivity contribution is -0.384. The summed E-state index contributed by atoms with van der Waals surface area (Å²) in [4.78, 5) is 40.4. The standard InChI is InChI=1S/C27H16BrClN2O7S/c1-2-36-21-12-14(11-19-26(32)38-25(30-19)15-4-6-16(28)7-5-15)3-10-20(21)37-27(33)24-23(29)18-9-8-17(31(34)35)13-22(18)39-24/h3-13H,2H2,1H3/b19-11+. The van der Waals surface area contributed by atoms with Crippen LogP contribution in [0.3, 0.4) is 0 Å². The molecule has 0 atom stereocenters. The van der Waals surface area contributed by atoms with Gasteiger partial charge in [-0.1, -0.05) is 33.6 Å². The Balaban J connectivity index is 1.41. The van der Waals surface area contributed by atoms with Gasteiger partial charge in [-0.3, -0.25) is 10.1 Å². The number of rotatable bonds is 7. The first-order chi connectivity index (χ1) is 18.7. The minimum atomic E-state index is -0.737. The fraction of sp³-hybridized carbons (Fsp3) is 0.0741. The lowest BCUT2D eigenvalue weighted by atomic mass is 10.1. The Morgan fingerprint density at radius 1 is 1.15 bits per heavy atom. The quantitative estimate of drug-likeness (QED) is 0.0700. The fourth-order valence-corrected chi connectivity index (χ4v) is 5.38. The molecule has 5 rings (SSSR count). The summed E-state index contributed by atoms with van der Waals surface area (Å²) in [5, 5.41) is 11.7. The minimum Gasteiger partial charge on any atom is -0.490 e. The zero-order chi connectivity index (χ0) is 27.7. The number of nitrogens with zero attached hydrogens (tertiary/aromatic N) is 2. The Bertz CT molecular complexity index is 1710. The van der Waals surface area contributed by atoms with Crippen LogP contribution in [0.4, 0.5) is 5.69 Å². The summed E-state index contributed by atoms with van der Waals surface area (Å²) in [6.45, 7) is 2.06. The maximum absolute atomic E-state index is 13.0. The van der Waals surface area contributed by atoms with Crippen LogP contribution < -0.4 is 9.47 Å². The van der Waals surface area contributed by atoms with Crippen molar-refractivity contribution in [3.05, 3.63) is 102 Å². The van der Waals surface area contributed by atoms with Crippen molar-refractivity contribution in [2.75, 3.05) is 6.61 Å². The molecule has 3 aromatic carbocycles. The van der Waals surface area contributed by atoms with E-state index in [4.69, 9.17) is 25.8 Å². The predicted octanol–water partition coefficient (Wildman–Crippen LogP) is 7.19. The van der Waals surface area contributed by atoms with Gasteiger partial charge in [0.2, 0.25) is 5.90 Å². The number of aliphatic imine (C=N–C) groups is 1. The van der Waals surface area contributed by atoms with Crippen molar-refractivity contribution in [2.45, 2.75) is 6.92 Å². The monoisotopic (exact) mass is 626 g/mol. The summed E-state index contributed by atoms with van der Waals surface area (Å²) in [6.07, 6.45) is 1.54. The molecule has 4 aromatic rings. The number of non-ortho nitro benzene ring substituents is 1. The molecule has 9 nitrogen and oxygen atoms in total. The average Bonchev–Trinajstić information content (AvgIpc) is 3.45. The summed E-state index contributed by atoms with van der Waals surface area (Å²) >= 11 is 10.8. The van der Waals surface area contributed by atoms with E-state index in [1.807, 2.05) is 12.1 Å². The first-order valence-corrected chi connectivity index (χ1v) is 13.4. The van der Waals surface area contributed by atoms with Crippen molar-refractivity contribution in [1.29, 1.82) is 0 Å². The number of cyclic esters (lactones) is 1. The zero-order valence-corrected chi connectivity index (χ0v) is 23.1. The summed E-state index contributed by atoms with van der Waals surface area (Å²) < 4.78 is 17.9. The van der Waals surface area contributed by atoms with Crippen molar-refractivity contribution in [1.82, 2.24) is 0 Å². The first kappa shape index (κ1) is 26.5. The summed E-state index contributed by atoms with van der Waals surface area (Å²) in [5.41, 5.74) is 1.22. The smallest absolute Gasteiger partial charge is 0.363 e. The molecule has 0 fully saturated rings. The van der Waals surface area contributed by atoms with E-state index in [0.717, 1.165) is 15.8 Å². The van der Waals surface area contributed by atoms with Gasteiger partial charge < -0.3 is 14.2 Å². The Morgan fingerprint density at radius 3 is 2.64 bits per heavy atom. The number of ether oxygens (including phenoxy) is 3. The van der Waals surface area contributed by atoms with E-state index >= 15 is 0 Å². The van der Waals surface area contributed by atoms with Crippen LogP contribution in [-0.2, 0) is 9.53 Å². The van der Waals surface area contributed by atoms with E-state index < -0.39 is 16.9 Å². The Morgan fingerprint density at radius 2 is 1.92 bits per heavy atom. The number of esters is 2. The maximum atomic E-state index is 13.0. The number of nitro groups is 1. The number of carbonyl (C=O) groups excluding carboxylic acids is 2. The Kier molecular flexibility index (Phi) is 7.47. The van der Waals surface area contributed by atoms with E-state index in [9.17, 15) is 19.7 Å². The second-order valence-corrected chi connectivity index (χ2v) is 10.4. The molecule has 196 valence electrons. The van der Waals surface area contributed by atoms with Gasteiger partial charge in [0.25, 0.3) is 5.69 Å². The third-order valence-electron chi connectivity index (χ3n) is 5.49. The normalized spacial score (nSPS) is 13.9. The molecule has 2 heterocycles. The molecule has 0 amide bonds. The zero-order valence-electron chi connectivity index (χ0n) is 20.0. The van der Waals surface area contributed by atoms with E-state index in [1.165, 1.54) is 30.3 Å². The van der Waals surface area contributed by atoms with Crippen LogP contribution in [0.1, 0.15) is 27.7 Å². The second-order valence-electron chi connectivity index (χ2n) is 8.05. The number of nitro benzene ring substituents is 1. The highest BCUT2D eigenvalue weighted by Gasteiger charge is 2.25. The molecule has 0 bridgehead atoms. The maximum Gasteiger partial charge on any atom is 0.363 e. The van der Waals surface area contributed by atoms with E-state index in [1.54, 1.807) is 31.2 Å². The van der Waals surface area contributed by atoms with Crippen molar-refractivity contribution in [3.63, 3.8) is 0 Å². The van der Waals surface area contributed by atoms with Crippen LogP contribution >= 0.6 is 38.9 Å². The number of hydrogen-bond acceptors (Lipinski definition) is 9. The highest BCUT2D eigenvalue weighted by atomic mass is 79.9. The van der Waals surface area contributed by atoms with Gasteiger partial charge in [0, 0.05) is 32.3 Å². The van der Waals surface area contributed by atoms with E-state index in [-0.39, 0.29) is 45.3 Å². The van der Waals surface area contributed by atoms with Gasteiger partial charge in [0.1, 0.15) is 4.88 Å². The Hall–Kier alpha value is -4.06. The van der Waals surface area contributed by atoms with Crippen LogP contribution in [-0.4, -0.2) is 29.4 Å². The third kappa shape index (κ3) is 5.56. The highest BCUT2D eigenvalue weighted by Crippen LogP contribution is 2.39. The predicted molar refractivity (Wildman–Crippen MR) is 151 cm³/mol. The lowest BCUT2D eigenvalue weighted by Crippen LogP contribution is -2.08. The van der Waals surface area contributed by atoms with Gasteiger partial charge in [-0.05, 0) is 61.0 Å². The second kappa shape index (κ2) is 11.0. The van der Waals surface area contributed by atoms with E-state index in [0.29, 0.717) is 21.2 Å². The van der Waals surface area contributed by atoms with Gasteiger partial charge in [0.05, 0.1) is 16.6 Å². The average molecular weight is 628 g/mol. The fourth-order valence-electron chi connectivity index (χ4n) is 3.69. The molecule has 12 heteroatoms. The van der Waals surface area contributed by atoms with Crippen molar-refractivity contribution in [2.24, 2.45) is 4.99 Å². The number of fused-ring (bicyclic) bond motifs is 1. The molecule has 1 aromatic heterocycles. The molecule has 1 aliphatic rings. The van der Waals surface area contributed by atoms with Crippen molar-refractivity contribution in [3.8, 4) is 11.5 Å². The first-order valence-electron chi connectivity index (χ1n) is 11.4. The van der Waals surface area contributed by atoms with Gasteiger partial charge in [-0.15, -0.1) is 11.3 Å². The van der Waals surface area contributed by atoms with Crippen molar-refractivity contribution < 1.29 is 28.7 Å². The third-order valence-corrected chi connectivity index (χ3v) is 7.66. The molecule has 39 heavy (non-hydrogen) atoms. The molecular formula is C27H16BrClN2O7S. The van der Waals surface area contributed by atoms with Gasteiger partial charge in [0.15, 0.2) is 17.2 Å². The van der Waals surface area contributed by atoms with Crippen LogP contribution in [0.15, 0.2) is 75.8 Å². The molecular weight excluding hydrogens is 612 g/mol. The lowest BCUT2D eigenvalue weighted by Gasteiger charge is -2.11. The molecule has 0 unspecified atom stereocenters. The largest absolute Gasteiger partial charge is 0.490 e. The molecule has 1 aliphatic heterocycles. The van der Waals surface area contributed by atoms with Gasteiger partial charge >= 0.3 is 11.9 Å². The molecule has 0 radical (unpaired) electrons. The van der Waals surface area contributed by atoms with Gasteiger partial charge in [-0.2, -0.15) is 0 Å². The van der Waals surface area contributed by atoms with Gasteiger partial charge in [-0.25, -0.2) is 14.6 Å². The summed E-state index contributed by atoms with van der Waals surface area (Å²) in [7, 11) is 0. The van der Waals surface area contributed by atoms with Crippen LogP contribution in [0.2, 0.25) is 5.02 Å². The summed E-state index contributed by atoms with van der Waals surface area (Å²) in [5.74, 6) is -0.743. The van der Waals surface area contributed by atoms with Crippen LogP contribution in [0, 0.1) is 10.1 Å². The molecule has 0 saturated heterocycles.